The molecule has 1 aromatic heterocycles. The number of benzene rings is 1. The summed E-state index contributed by atoms with van der Waals surface area (Å²) in [5.41, 5.74) is 1.90. The third kappa shape index (κ3) is 6.01. The second-order valence-corrected chi connectivity index (χ2v) is 7.48. The fourth-order valence-electron chi connectivity index (χ4n) is 3.55. The lowest BCUT2D eigenvalue weighted by Gasteiger charge is -2.36. The molecule has 1 N–H and O–H groups in total. The molecule has 1 aliphatic rings. The van der Waals surface area contributed by atoms with E-state index in [4.69, 9.17) is 9.52 Å². The Morgan fingerprint density at radius 1 is 1.28 bits per heavy atom. The molecule has 0 aliphatic carbocycles. The number of piperazine rings is 1. The third-order valence-electron chi connectivity index (χ3n) is 5.15. The number of aromatic nitrogens is 1. The van der Waals surface area contributed by atoms with E-state index in [1.54, 1.807) is 18.4 Å². The maximum atomic E-state index is 13.7. The number of rotatable bonds is 7. The molecule has 0 bridgehead atoms. The quantitative estimate of drug-likeness (QED) is 0.566. The number of hydrogen-bond acceptors (Lipinski definition) is 5. The van der Waals surface area contributed by atoms with Crippen molar-refractivity contribution in [3.05, 3.63) is 53.7 Å². The second kappa shape index (κ2) is 10.4. The zero-order valence-electron chi connectivity index (χ0n) is 17.5. The van der Waals surface area contributed by atoms with Crippen LogP contribution in [0.1, 0.15) is 24.2 Å². The topological polar surface area (TPSA) is 60.1 Å². The maximum absolute atomic E-state index is 13.7. The Kier molecular flexibility index (Phi) is 7.60. The average Bonchev–Trinajstić information content (AvgIpc) is 3.21. The van der Waals surface area contributed by atoms with Crippen molar-refractivity contribution in [1.29, 1.82) is 0 Å². The lowest BCUT2D eigenvalue weighted by Crippen LogP contribution is -2.52. The van der Waals surface area contributed by atoms with E-state index in [9.17, 15) is 4.39 Å². The van der Waals surface area contributed by atoms with Crippen LogP contribution in [0.2, 0.25) is 0 Å². The van der Waals surface area contributed by atoms with Crippen LogP contribution in [0, 0.1) is 5.82 Å². The SMILES string of the molecule is CCNC(=NCC(c1cccc(F)c1)N(C)C)N1CCN(Cc2ccon2)CC1. The van der Waals surface area contributed by atoms with Crippen molar-refractivity contribution in [3.8, 4) is 0 Å². The van der Waals surface area contributed by atoms with Gasteiger partial charge in [-0.1, -0.05) is 17.3 Å². The van der Waals surface area contributed by atoms with Gasteiger partial charge in [0.1, 0.15) is 12.1 Å². The first-order chi connectivity index (χ1) is 14.1. The number of nitrogens with zero attached hydrogens (tertiary/aromatic N) is 5. The molecule has 1 unspecified atom stereocenters. The molecule has 1 saturated heterocycles. The lowest BCUT2D eigenvalue weighted by atomic mass is 10.1. The molecule has 8 heteroatoms. The van der Waals surface area contributed by atoms with Crippen LogP contribution in [-0.2, 0) is 6.54 Å². The molecule has 158 valence electrons. The second-order valence-electron chi connectivity index (χ2n) is 7.48. The van der Waals surface area contributed by atoms with E-state index in [1.807, 2.05) is 26.2 Å². The van der Waals surface area contributed by atoms with Crippen LogP contribution >= 0.6 is 0 Å². The van der Waals surface area contributed by atoms with E-state index < -0.39 is 0 Å². The maximum Gasteiger partial charge on any atom is 0.194 e. The molecule has 1 aliphatic heterocycles. The number of hydrogen-bond donors (Lipinski definition) is 1. The standard InChI is InChI=1S/C21H31FN6O/c1-4-23-21(24-15-20(26(2)3)17-6-5-7-18(22)14-17)28-11-9-27(10-12-28)16-19-8-13-29-25-19/h5-8,13-14,20H,4,9-12,15-16H2,1-3H3,(H,23,24). The first kappa shape index (κ1) is 21.3. The summed E-state index contributed by atoms with van der Waals surface area (Å²) in [6, 6.07) is 8.71. The minimum atomic E-state index is -0.214. The monoisotopic (exact) mass is 402 g/mol. The summed E-state index contributed by atoms with van der Waals surface area (Å²) in [6.07, 6.45) is 1.61. The third-order valence-corrected chi connectivity index (χ3v) is 5.15. The molecule has 1 fully saturated rings. The zero-order valence-corrected chi connectivity index (χ0v) is 17.5. The molecule has 7 nitrogen and oxygen atoms in total. The number of likely N-dealkylation sites (N-methyl/N-ethyl adjacent to an activating group) is 1. The number of aliphatic imine (C=N–C) groups is 1. The van der Waals surface area contributed by atoms with Gasteiger partial charge in [0.2, 0.25) is 0 Å². The zero-order chi connectivity index (χ0) is 20.6. The number of guanidine groups is 1. The van der Waals surface area contributed by atoms with Gasteiger partial charge in [-0.25, -0.2) is 4.39 Å². The summed E-state index contributed by atoms with van der Waals surface area (Å²) < 4.78 is 18.6. The first-order valence-corrected chi connectivity index (χ1v) is 10.1. The first-order valence-electron chi connectivity index (χ1n) is 10.1. The van der Waals surface area contributed by atoms with Crippen molar-refractivity contribution in [2.24, 2.45) is 4.99 Å². The minimum Gasteiger partial charge on any atom is -0.364 e. The molecular formula is C21H31FN6O. The van der Waals surface area contributed by atoms with Crippen LogP contribution < -0.4 is 5.32 Å². The van der Waals surface area contributed by atoms with Gasteiger partial charge in [-0.05, 0) is 38.7 Å². The largest absolute Gasteiger partial charge is 0.364 e. The Labute approximate surface area is 172 Å². The van der Waals surface area contributed by atoms with E-state index >= 15 is 0 Å². The highest BCUT2D eigenvalue weighted by Crippen LogP contribution is 2.19. The van der Waals surface area contributed by atoms with E-state index in [1.165, 1.54) is 6.07 Å². The highest BCUT2D eigenvalue weighted by molar-refractivity contribution is 5.80. The lowest BCUT2D eigenvalue weighted by molar-refractivity contribution is 0.168. The van der Waals surface area contributed by atoms with E-state index in [0.29, 0.717) is 6.54 Å². The average molecular weight is 403 g/mol. The highest BCUT2D eigenvalue weighted by atomic mass is 19.1. The molecule has 1 atom stereocenters. The molecule has 2 heterocycles. The Morgan fingerprint density at radius 2 is 2.07 bits per heavy atom. The van der Waals surface area contributed by atoms with Crippen molar-refractivity contribution >= 4 is 5.96 Å². The van der Waals surface area contributed by atoms with Crippen LogP contribution in [0.15, 0.2) is 46.1 Å². The molecule has 3 rings (SSSR count). The van der Waals surface area contributed by atoms with Crippen LogP contribution in [0.3, 0.4) is 0 Å². The molecular weight excluding hydrogens is 371 g/mol. The fraction of sp³-hybridized carbons (Fsp3) is 0.524. The van der Waals surface area contributed by atoms with E-state index in [2.05, 4.69) is 32.1 Å². The minimum absolute atomic E-state index is 0.0211. The highest BCUT2D eigenvalue weighted by Gasteiger charge is 2.21. The Hall–Kier alpha value is -2.45. The van der Waals surface area contributed by atoms with Crippen LogP contribution in [0.5, 0.6) is 0 Å². The van der Waals surface area contributed by atoms with E-state index in [-0.39, 0.29) is 11.9 Å². The van der Waals surface area contributed by atoms with Gasteiger partial charge in [0.15, 0.2) is 5.96 Å². The van der Waals surface area contributed by atoms with Crippen molar-refractivity contribution in [1.82, 2.24) is 25.2 Å². The molecule has 2 aromatic rings. The Balaban J connectivity index is 1.63. The van der Waals surface area contributed by atoms with Crippen molar-refractivity contribution in [3.63, 3.8) is 0 Å². The summed E-state index contributed by atoms with van der Waals surface area (Å²) in [5, 5.41) is 7.40. The predicted octanol–water partition coefficient (Wildman–Crippen LogP) is 2.20. The summed E-state index contributed by atoms with van der Waals surface area (Å²) >= 11 is 0. The van der Waals surface area contributed by atoms with Gasteiger partial charge in [-0.15, -0.1) is 0 Å². The van der Waals surface area contributed by atoms with Crippen LogP contribution in [-0.4, -0.2) is 79.2 Å². The summed E-state index contributed by atoms with van der Waals surface area (Å²) in [7, 11) is 4.00. The summed E-state index contributed by atoms with van der Waals surface area (Å²) in [5.74, 6) is 0.699. The summed E-state index contributed by atoms with van der Waals surface area (Å²) in [6.45, 7) is 7.94. The fourth-order valence-corrected chi connectivity index (χ4v) is 3.55. The van der Waals surface area contributed by atoms with Crippen LogP contribution in [0.4, 0.5) is 4.39 Å². The Bertz CT molecular complexity index is 771. The molecule has 0 saturated carbocycles. The van der Waals surface area contributed by atoms with Crippen molar-refractivity contribution in [2.45, 2.75) is 19.5 Å². The van der Waals surface area contributed by atoms with Crippen molar-refractivity contribution in [2.75, 3.05) is 53.4 Å². The molecule has 0 radical (unpaired) electrons. The number of nitrogens with one attached hydrogen (secondary N) is 1. The Morgan fingerprint density at radius 3 is 2.69 bits per heavy atom. The summed E-state index contributed by atoms with van der Waals surface area (Å²) in [4.78, 5) is 11.6. The van der Waals surface area contributed by atoms with Gasteiger partial charge in [0.05, 0.1) is 18.3 Å². The molecule has 1 aromatic carbocycles. The van der Waals surface area contributed by atoms with E-state index in [0.717, 1.165) is 56.5 Å². The molecule has 29 heavy (non-hydrogen) atoms. The van der Waals surface area contributed by atoms with Gasteiger partial charge >= 0.3 is 0 Å². The van der Waals surface area contributed by atoms with Gasteiger partial charge < -0.3 is 19.6 Å². The van der Waals surface area contributed by atoms with Gasteiger partial charge in [0, 0.05) is 45.3 Å². The van der Waals surface area contributed by atoms with Crippen molar-refractivity contribution < 1.29 is 8.91 Å². The normalized spacial score (nSPS) is 17.0. The predicted molar refractivity (Wildman–Crippen MR) is 112 cm³/mol. The van der Waals surface area contributed by atoms with Gasteiger partial charge in [0.25, 0.3) is 0 Å². The molecule has 0 amide bonds. The molecule has 0 spiro atoms. The van der Waals surface area contributed by atoms with Crippen LogP contribution in [0.25, 0.3) is 0 Å². The smallest absolute Gasteiger partial charge is 0.194 e. The number of halogens is 1. The van der Waals surface area contributed by atoms with Gasteiger partial charge in [-0.2, -0.15) is 0 Å². The van der Waals surface area contributed by atoms with Gasteiger partial charge in [-0.3, -0.25) is 9.89 Å².